The van der Waals surface area contributed by atoms with Gasteiger partial charge in [-0.1, -0.05) is 66.4 Å². The second-order valence-electron chi connectivity index (χ2n) is 5.98. The molecule has 5 N–H and O–H groups in total. The molecule has 138 valence electrons. The number of anilines is 1. The van der Waals surface area contributed by atoms with Gasteiger partial charge in [0.15, 0.2) is 0 Å². The van der Waals surface area contributed by atoms with Crippen molar-refractivity contribution in [1.82, 2.24) is 0 Å². The van der Waals surface area contributed by atoms with Crippen LogP contribution in [0.15, 0.2) is 85.1 Å². The van der Waals surface area contributed by atoms with E-state index in [1.807, 2.05) is 60.7 Å². The van der Waals surface area contributed by atoms with Crippen molar-refractivity contribution in [3.8, 4) is 11.8 Å². The van der Waals surface area contributed by atoms with E-state index in [0.717, 1.165) is 11.1 Å². The predicted octanol–water partition coefficient (Wildman–Crippen LogP) is 3.42. The zero-order valence-electron chi connectivity index (χ0n) is 15.0. The zero-order valence-corrected chi connectivity index (χ0v) is 15.0. The number of hydrogen-bond donors (Lipinski definition) is 3. The monoisotopic (exact) mass is 369 g/mol. The molecule has 0 amide bonds. The second kappa shape index (κ2) is 8.58. The maximum Gasteiger partial charge on any atom is 0.337 e. The normalized spacial score (nSPS) is 10.7. The molecular formula is C23H19N3O2. The average molecular weight is 369 g/mol. The number of nitrogens with zero attached hydrogens (tertiary/aromatic N) is 1. The van der Waals surface area contributed by atoms with E-state index in [0.29, 0.717) is 11.3 Å². The van der Waals surface area contributed by atoms with Crippen LogP contribution in [0.2, 0.25) is 0 Å². The molecule has 0 aromatic heterocycles. The Balaban J connectivity index is 2.05. The molecule has 0 bridgehead atoms. The fourth-order valence-electron chi connectivity index (χ4n) is 2.68. The number of benzene rings is 3. The van der Waals surface area contributed by atoms with Gasteiger partial charge in [-0.3, -0.25) is 5.01 Å². The third-order valence-corrected chi connectivity index (χ3v) is 4.03. The van der Waals surface area contributed by atoms with Crippen molar-refractivity contribution < 1.29 is 9.90 Å². The van der Waals surface area contributed by atoms with Gasteiger partial charge in [0.05, 0.1) is 22.5 Å². The highest BCUT2D eigenvalue weighted by atomic mass is 16.4. The summed E-state index contributed by atoms with van der Waals surface area (Å²) in [6.45, 7) is 0. The Bertz CT molecular complexity index is 1070. The molecule has 0 heterocycles. The van der Waals surface area contributed by atoms with Crippen molar-refractivity contribution >= 4 is 17.4 Å². The number of rotatable bonds is 4. The minimum atomic E-state index is -1.10. The molecule has 0 saturated carbocycles. The standard InChI is InChI=1S/C23H19N3O2/c24-21(18-10-5-2-6-11-18)16-26(25)22-19(12-7-13-20(22)23(27)28)15-14-17-8-3-1-4-9-17/h1-13,16H,24-25H2,(H,27,28)/b21-16-. The highest BCUT2D eigenvalue weighted by molar-refractivity contribution is 5.96. The maximum absolute atomic E-state index is 11.7. The molecule has 3 aromatic carbocycles. The Labute approximate surface area is 163 Å². The summed E-state index contributed by atoms with van der Waals surface area (Å²) in [7, 11) is 0. The van der Waals surface area contributed by atoms with Crippen LogP contribution in [-0.4, -0.2) is 11.1 Å². The summed E-state index contributed by atoms with van der Waals surface area (Å²) in [5.41, 5.74) is 8.94. The van der Waals surface area contributed by atoms with Crippen molar-refractivity contribution in [3.05, 3.63) is 107 Å². The smallest absolute Gasteiger partial charge is 0.337 e. The topological polar surface area (TPSA) is 92.6 Å². The lowest BCUT2D eigenvalue weighted by Crippen LogP contribution is -2.28. The van der Waals surface area contributed by atoms with Gasteiger partial charge in [0.25, 0.3) is 0 Å². The van der Waals surface area contributed by atoms with E-state index >= 15 is 0 Å². The van der Waals surface area contributed by atoms with Crippen LogP contribution in [-0.2, 0) is 0 Å². The van der Waals surface area contributed by atoms with Gasteiger partial charge < -0.3 is 10.8 Å². The molecule has 0 aliphatic heterocycles. The predicted molar refractivity (Wildman–Crippen MR) is 111 cm³/mol. The molecule has 0 aliphatic rings. The third-order valence-electron chi connectivity index (χ3n) is 4.03. The van der Waals surface area contributed by atoms with Crippen LogP contribution in [0.1, 0.15) is 27.0 Å². The van der Waals surface area contributed by atoms with Crippen LogP contribution in [0.4, 0.5) is 5.69 Å². The lowest BCUT2D eigenvalue weighted by molar-refractivity contribution is 0.0697. The molecule has 0 fully saturated rings. The van der Waals surface area contributed by atoms with Crippen LogP contribution in [0.3, 0.4) is 0 Å². The molecule has 5 heteroatoms. The van der Waals surface area contributed by atoms with Gasteiger partial charge in [-0.15, -0.1) is 0 Å². The lowest BCUT2D eigenvalue weighted by atomic mass is 10.1. The first-order valence-corrected chi connectivity index (χ1v) is 8.56. The number of carbonyl (C=O) groups is 1. The fourth-order valence-corrected chi connectivity index (χ4v) is 2.68. The average Bonchev–Trinajstić information content (AvgIpc) is 2.73. The van der Waals surface area contributed by atoms with Gasteiger partial charge in [0.2, 0.25) is 0 Å². The minimum Gasteiger partial charge on any atom is -0.478 e. The molecule has 0 spiro atoms. The summed E-state index contributed by atoms with van der Waals surface area (Å²) in [6.07, 6.45) is 1.49. The van der Waals surface area contributed by atoms with E-state index in [9.17, 15) is 9.90 Å². The van der Waals surface area contributed by atoms with Crippen molar-refractivity contribution in [1.29, 1.82) is 0 Å². The van der Waals surface area contributed by atoms with Crippen LogP contribution < -0.4 is 16.6 Å². The fraction of sp³-hybridized carbons (Fsp3) is 0. The van der Waals surface area contributed by atoms with Crippen molar-refractivity contribution in [3.63, 3.8) is 0 Å². The van der Waals surface area contributed by atoms with E-state index in [2.05, 4.69) is 11.8 Å². The van der Waals surface area contributed by atoms with E-state index in [-0.39, 0.29) is 11.3 Å². The van der Waals surface area contributed by atoms with E-state index in [1.165, 1.54) is 17.3 Å². The molecule has 0 atom stereocenters. The van der Waals surface area contributed by atoms with Crippen LogP contribution >= 0.6 is 0 Å². The molecular weight excluding hydrogens is 350 g/mol. The van der Waals surface area contributed by atoms with Crippen molar-refractivity contribution in [2.45, 2.75) is 0 Å². The number of hydrazine groups is 1. The van der Waals surface area contributed by atoms with Crippen molar-refractivity contribution in [2.24, 2.45) is 11.6 Å². The number of para-hydroxylation sites is 1. The summed E-state index contributed by atoms with van der Waals surface area (Å²) < 4.78 is 0. The zero-order chi connectivity index (χ0) is 19.9. The second-order valence-corrected chi connectivity index (χ2v) is 5.98. The van der Waals surface area contributed by atoms with E-state index in [4.69, 9.17) is 11.6 Å². The largest absolute Gasteiger partial charge is 0.478 e. The lowest BCUT2D eigenvalue weighted by Gasteiger charge is -2.19. The summed E-state index contributed by atoms with van der Waals surface area (Å²) in [5.74, 6) is 11.1. The number of nitrogens with two attached hydrogens (primary N) is 2. The van der Waals surface area contributed by atoms with E-state index in [1.54, 1.807) is 12.1 Å². The molecule has 5 nitrogen and oxygen atoms in total. The van der Waals surface area contributed by atoms with E-state index < -0.39 is 5.97 Å². The highest BCUT2D eigenvalue weighted by Crippen LogP contribution is 2.25. The first kappa shape index (κ1) is 18.8. The Morgan fingerprint density at radius 1 is 0.893 bits per heavy atom. The number of aromatic carboxylic acids is 1. The quantitative estimate of drug-likeness (QED) is 0.372. The molecule has 3 aromatic rings. The molecule has 28 heavy (non-hydrogen) atoms. The van der Waals surface area contributed by atoms with Crippen LogP contribution in [0.25, 0.3) is 5.70 Å². The Hall–Kier alpha value is -4.01. The first-order valence-electron chi connectivity index (χ1n) is 8.56. The number of carboxylic acids is 1. The molecule has 0 unspecified atom stereocenters. The van der Waals surface area contributed by atoms with Crippen LogP contribution in [0.5, 0.6) is 0 Å². The maximum atomic E-state index is 11.7. The van der Waals surface area contributed by atoms with Crippen LogP contribution in [0, 0.1) is 11.8 Å². The van der Waals surface area contributed by atoms with Gasteiger partial charge in [-0.05, 0) is 29.8 Å². The molecule has 3 rings (SSSR count). The van der Waals surface area contributed by atoms with Gasteiger partial charge in [0.1, 0.15) is 0 Å². The minimum absolute atomic E-state index is 0.0412. The van der Waals surface area contributed by atoms with Gasteiger partial charge in [-0.25, -0.2) is 10.6 Å². The number of carboxylic acid groups (broad SMARTS) is 1. The Morgan fingerprint density at radius 3 is 2.18 bits per heavy atom. The Morgan fingerprint density at radius 2 is 1.54 bits per heavy atom. The van der Waals surface area contributed by atoms with Gasteiger partial charge >= 0.3 is 5.97 Å². The molecule has 0 saturated heterocycles. The Kier molecular flexibility index (Phi) is 5.75. The highest BCUT2D eigenvalue weighted by Gasteiger charge is 2.17. The van der Waals surface area contributed by atoms with Gasteiger partial charge in [-0.2, -0.15) is 0 Å². The van der Waals surface area contributed by atoms with Gasteiger partial charge in [0, 0.05) is 11.8 Å². The SMILES string of the molecule is N/C(=C\N(N)c1c(C#Cc2ccccc2)cccc1C(=O)O)c1ccccc1. The number of hydrogen-bond acceptors (Lipinski definition) is 4. The molecule has 0 aliphatic carbocycles. The summed E-state index contributed by atoms with van der Waals surface area (Å²) in [5, 5.41) is 10.8. The summed E-state index contributed by atoms with van der Waals surface area (Å²) in [6, 6.07) is 23.6. The van der Waals surface area contributed by atoms with Crippen molar-refractivity contribution in [2.75, 3.05) is 5.01 Å². The molecule has 0 radical (unpaired) electrons. The summed E-state index contributed by atoms with van der Waals surface area (Å²) >= 11 is 0. The summed E-state index contributed by atoms with van der Waals surface area (Å²) in [4.78, 5) is 11.7. The first-order chi connectivity index (χ1) is 13.6. The third kappa shape index (κ3) is 4.39.